The van der Waals surface area contributed by atoms with Crippen molar-refractivity contribution in [2.75, 3.05) is 6.54 Å². The Morgan fingerprint density at radius 3 is 2.65 bits per heavy atom. The van der Waals surface area contributed by atoms with Crippen LogP contribution in [0.4, 0.5) is 0 Å². The van der Waals surface area contributed by atoms with E-state index < -0.39 is 0 Å². The van der Waals surface area contributed by atoms with Gasteiger partial charge in [0.25, 0.3) is 0 Å². The van der Waals surface area contributed by atoms with Gasteiger partial charge in [0.1, 0.15) is 5.82 Å². The fraction of sp³-hybridized carbons (Fsp3) is 0.636. The number of imidazole rings is 1. The summed E-state index contributed by atoms with van der Waals surface area (Å²) in [7, 11) is 0. The van der Waals surface area contributed by atoms with Gasteiger partial charge in [-0.05, 0) is 24.5 Å². The summed E-state index contributed by atoms with van der Waals surface area (Å²) < 4.78 is 2.38. The molecule has 0 radical (unpaired) electrons. The van der Waals surface area contributed by atoms with E-state index in [1.807, 2.05) is 26.8 Å². The SMILES string of the molecule is CC(C)(C)C(=O)NCCc1nc2ccccc2n1CCC1CCCCC1. The summed E-state index contributed by atoms with van der Waals surface area (Å²) in [5.41, 5.74) is 1.94. The van der Waals surface area contributed by atoms with Crippen molar-refractivity contribution in [3.63, 3.8) is 0 Å². The number of aryl methyl sites for hydroxylation is 1. The smallest absolute Gasteiger partial charge is 0.225 e. The molecule has 2 aromatic rings. The summed E-state index contributed by atoms with van der Waals surface area (Å²) >= 11 is 0. The minimum atomic E-state index is -0.346. The van der Waals surface area contributed by atoms with Crippen molar-refractivity contribution >= 4 is 16.9 Å². The van der Waals surface area contributed by atoms with Crippen LogP contribution in [0.1, 0.15) is 65.1 Å². The number of hydrogen-bond acceptors (Lipinski definition) is 2. The summed E-state index contributed by atoms with van der Waals surface area (Å²) in [6.45, 7) is 7.52. The van der Waals surface area contributed by atoms with Crippen molar-refractivity contribution in [2.45, 2.75) is 72.3 Å². The molecule has 0 unspecified atom stereocenters. The molecule has 0 bridgehead atoms. The van der Waals surface area contributed by atoms with Crippen LogP contribution in [0.5, 0.6) is 0 Å². The maximum Gasteiger partial charge on any atom is 0.225 e. The van der Waals surface area contributed by atoms with Crippen LogP contribution in [-0.4, -0.2) is 22.0 Å². The lowest BCUT2D eigenvalue weighted by Gasteiger charge is -2.22. The molecule has 0 spiro atoms. The standard InChI is InChI=1S/C22H33N3O/c1-22(2,3)21(26)23-15-13-20-24-18-11-7-8-12-19(18)25(20)16-14-17-9-5-4-6-10-17/h7-8,11-12,17H,4-6,9-10,13-16H2,1-3H3,(H,23,26). The molecule has 1 aromatic carbocycles. The number of benzene rings is 1. The molecular weight excluding hydrogens is 322 g/mol. The van der Waals surface area contributed by atoms with E-state index >= 15 is 0 Å². The number of fused-ring (bicyclic) bond motifs is 1. The molecule has 0 aliphatic heterocycles. The van der Waals surface area contributed by atoms with Gasteiger partial charge in [-0.2, -0.15) is 0 Å². The molecule has 1 fully saturated rings. The third-order valence-corrected chi connectivity index (χ3v) is 5.53. The predicted molar refractivity (Wildman–Crippen MR) is 107 cm³/mol. The molecule has 3 rings (SSSR count). The van der Waals surface area contributed by atoms with E-state index in [9.17, 15) is 4.79 Å². The van der Waals surface area contributed by atoms with Crippen molar-refractivity contribution in [3.8, 4) is 0 Å². The maximum atomic E-state index is 12.1. The Hall–Kier alpha value is -1.84. The van der Waals surface area contributed by atoms with Gasteiger partial charge in [0.2, 0.25) is 5.91 Å². The molecule has 1 aromatic heterocycles. The van der Waals surface area contributed by atoms with Crippen molar-refractivity contribution in [1.29, 1.82) is 0 Å². The molecule has 1 amide bonds. The highest BCUT2D eigenvalue weighted by molar-refractivity contribution is 5.81. The van der Waals surface area contributed by atoms with Crippen molar-refractivity contribution in [3.05, 3.63) is 30.1 Å². The van der Waals surface area contributed by atoms with Crippen LogP contribution in [-0.2, 0) is 17.8 Å². The molecule has 1 N–H and O–H groups in total. The van der Waals surface area contributed by atoms with E-state index in [0.29, 0.717) is 6.54 Å². The highest BCUT2D eigenvalue weighted by Gasteiger charge is 2.21. The first-order chi connectivity index (χ1) is 12.4. The molecule has 1 saturated carbocycles. The second-order valence-corrected chi connectivity index (χ2v) is 8.72. The van der Waals surface area contributed by atoms with E-state index in [4.69, 9.17) is 4.98 Å². The van der Waals surface area contributed by atoms with Gasteiger partial charge >= 0.3 is 0 Å². The zero-order chi connectivity index (χ0) is 18.6. The lowest BCUT2D eigenvalue weighted by Crippen LogP contribution is -2.36. The van der Waals surface area contributed by atoms with Gasteiger partial charge in [-0.15, -0.1) is 0 Å². The van der Waals surface area contributed by atoms with Gasteiger partial charge in [-0.25, -0.2) is 4.98 Å². The number of carbonyl (C=O) groups is 1. The Kier molecular flexibility index (Phi) is 6.00. The lowest BCUT2D eigenvalue weighted by molar-refractivity contribution is -0.128. The van der Waals surface area contributed by atoms with Gasteiger partial charge in [0.05, 0.1) is 11.0 Å². The fourth-order valence-electron chi connectivity index (χ4n) is 3.91. The highest BCUT2D eigenvalue weighted by atomic mass is 16.2. The van der Waals surface area contributed by atoms with Gasteiger partial charge in [0.15, 0.2) is 0 Å². The number of nitrogens with zero attached hydrogens (tertiary/aromatic N) is 2. The largest absolute Gasteiger partial charge is 0.355 e. The average Bonchev–Trinajstić information content (AvgIpc) is 2.97. The number of amides is 1. The molecule has 0 atom stereocenters. The number of para-hydroxylation sites is 2. The Morgan fingerprint density at radius 2 is 1.92 bits per heavy atom. The number of aromatic nitrogens is 2. The van der Waals surface area contributed by atoms with Crippen LogP contribution in [0.15, 0.2) is 24.3 Å². The quantitative estimate of drug-likeness (QED) is 0.815. The van der Waals surface area contributed by atoms with Crippen LogP contribution < -0.4 is 5.32 Å². The predicted octanol–water partition coefficient (Wildman–Crippen LogP) is 4.71. The van der Waals surface area contributed by atoms with Gasteiger partial charge in [0, 0.05) is 24.9 Å². The topological polar surface area (TPSA) is 46.9 Å². The zero-order valence-electron chi connectivity index (χ0n) is 16.6. The number of hydrogen-bond donors (Lipinski definition) is 1. The van der Waals surface area contributed by atoms with Crippen molar-refractivity contribution in [1.82, 2.24) is 14.9 Å². The van der Waals surface area contributed by atoms with Crippen molar-refractivity contribution in [2.24, 2.45) is 11.3 Å². The first-order valence-corrected chi connectivity index (χ1v) is 10.2. The van der Waals surface area contributed by atoms with E-state index in [2.05, 4.69) is 28.1 Å². The van der Waals surface area contributed by atoms with Gasteiger partial charge < -0.3 is 9.88 Å². The monoisotopic (exact) mass is 355 g/mol. The Morgan fingerprint density at radius 1 is 1.19 bits per heavy atom. The third kappa shape index (κ3) is 4.66. The zero-order valence-corrected chi connectivity index (χ0v) is 16.6. The first kappa shape index (κ1) is 18.9. The second-order valence-electron chi connectivity index (χ2n) is 8.72. The van der Waals surface area contributed by atoms with Crippen LogP contribution >= 0.6 is 0 Å². The highest BCUT2D eigenvalue weighted by Crippen LogP contribution is 2.28. The van der Waals surface area contributed by atoms with Crippen LogP contribution in [0, 0.1) is 11.3 Å². The van der Waals surface area contributed by atoms with Crippen LogP contribution in [0.2, 0.25) is 0 Å². The van der Waals surface area contributed by atoms with E-state index in [-0.39, 0.29) is 11.3 Å². The van der Waals surface area contributed by atoms with E-state index in [1.165, 1.54) is 44.0 Å². The maximum absolute atomic E-state index is 12.1. The second kappa shape index (κ2) is 8.24. The molecule has 1 aliphatic carbocycles. The third-order valence-electron chi connectivity index (χ3n) is 5.53. The summed E-state index contributed by atoms with van der Waals surface area (Å²) in [5, 5.41) is 3.06. The summed E-state index contributed by atoms with van der Waals surface area (Å²) in [5.74, 6) is 2.05. The first-order valence-electron chi connectivity index (χ1n) is 10.2. The van der Waals surface area contributed by atoms with Gasteiger partial charge in [-0.1, -0.05) is 65.0 Å². The molecule has 4 heteroatoms. The molecule has 4 nitrogen and oxygen atoms in total. The molecule has 0 saturated heterocycles. The molecular formula is C22H33N3O. The van der Waals surface area contributed by atoms with Crippen molar-refractivity contribution < 1.29 is 4.79 Å². The van der Waals surface area contributed by atoms with Crippen LogP contribution in [0.3, 0.4) is 0 Å². The number of carbonyl (C=O) groups excluding carboxylic acids is 1. The van der Waals surface area contributed by atoms with E-state index in [0.717, 1.165) is 30.2 Å². The Balaban J connectivity index is 1.68. The summed E-state index contributed by atoms with van der Waals surface area (Å²) in [4.78, 5) is 17.0. The minimum absolute atomic E-state index is 0.0994. The average molecular weight is 356 g/mol. The number of rotatable bonds is 6. The summed E-state index contributed by atoms with van der Waals surface area (Å²) in [6, 6.07) is 8.39. The normalized spacial score (nSPS) is 16.1. The lowest BCUT2D eigenvalue weighted by atomic mass is 9.87. The summed E-state index contributed by atoms with van der Waals surface area (Å²) in [6.07, 6.45) is 8.96. The van der Waals surface area contributed by atoms with Gasteiger partial charge in [-0.3, -0.25) is 4.79 Å². The van der Waals surface area contributed by atoms with E-state index in [1.54, 1.807) is 0 Å². The Labute approximate surface area is 157 Å². The van der Waals surface area contributed by atoms with Crippen LogP contribution in [0.25, 0.3) is 11.0 Å². The molecule has 1 heterocycles. The molecule has 1 aliphatic rings. The minimum Gasteiger partial charge on any atom is -0.355 e. The molecule has 142 valence electrons. The number of nitrogens with one attached hydrogen (secondary N) is 1. The molecule has 26 heavy (non-hydrogen) atoms. The fourth-order valence-corrected chi connectivity index (χ4v) is 3.91. The Bertz CT molecular complexity index is 735.